The number of rotatable bonds is 4. The van der Waals surface area contributed by atoms with Crippen LogP contribution in [0.4, 0.5) is 5.82 Å². The van der Waals surface area contributed by atoms with E-state index in [0.29, 0.717) is 16.9 Å². The fraction of sp³-hybridized carbons (Fsp3) is 0.615. The highest BCUT2D eigenvalue weighted by molar-refractivity contribution is 6.32. The van der Waals surface area contributed by atoms with E-state index in [4.69, 9.17) is 16.3 Å². The summed E-state index contributed by atoms with van der Waals surface area (Å²) in [6, 6.07) is 0.422. The third-order valence-corrected chi connectivity index (χ3v) is 3.90. The average molecular weight is 297 g/mol. The first-order chi connectivity index (χ1) is 9.69. The normalized spacial score (nSPS) is 21.9. The second-order valence-electron chi connectivity index (χ2n) is 5.16. The van der Waals surface area contributed by atoms with Crippen molar-refractivity contribution in [2.45, 2.75) is 37.8 Å². The Kier molecular flexibility index (Phi) is 3.65. The lowest BCUT2D eigenvalue weighted by atomic mass is 10.2. The first-order valence-corrected chi connectivity index (χ1v) is 7.20. The van der Waals surface area contributed by atoms with Crippen LogP contribution >= 0.6 is 11.6 Å². The Hall–Kier alpha value is -1.56. The highest BCUT2D eigenvalue weighted by atomic mass is 35.5. The molecular weight excluding hydrogens is 280 g/mol. The van der Waals surface area contributed by atoms with E-state index in [1.165, 1.54) is 13.3 Å². The van der Waals surface area contributed by atoms with Crippen LogP contribution in [-0.4, -0.2) is 41.6 Å². The van der Waals surface area contributed by atoms with Gasteiger partial charge in [0.1, 0.15) is 11.1 Å². The van der Waals surface area contributed by atoms with E-state index in [1.807, 2.05) is 4.90 Å². The summed E-state index contributed by atoms with van der Waals surface area (Å²) in [5.41, 5.74) is 0. The minimum atomic E-state index is -0.201. The molecule has 0 unspecified atom stereocenters. The van der Waals surface area contributed by atoms with Crippen molar-refractivity contribution in [2.24, 2.45) is 0 Å². The van der Waals surface area contributed by atoms with E-state index in [9.17, 15) is 4.79 Å². The van der Waals surface area contributed by atoms with E-state index in [-0.39, 0.29) is 18.0 Å². The Labute approximate surface area is 122 Å². The molecule has 7 heteroatoms. The molecule has 0 aromatic carbocycles. The Morgan fingerprint density at radius 1 is 1.50 bits per heavy atom. The molecule has 6 nitrogen and oxygen atoms in total. The summed E-state index contributed by atoms with van der Waals surface area (Å²) in [6.07, 6.45) is 5.45. The van der Waals surface area contributed by atoms with Crippen molar-refractivity contribution in [3.8, 4) is 6.01 Å². The molecule has 3 rings (SSSR count). The SMILES string of the molecule is COc1ncc(Cl)c(N2CCC[C@@H]2C(=O)NC2CC2)n1. The van der Waals surface area contributed by atoms with Gasteiger partial charge in [-0.25, -0.2) is 4.98 Å². The maximum absolute atomic E-state index is 12.3. The molecule has 1 N–H and O–H groups in total. The largest absolute Gasteiger partial charge is 0.467 e. The standard InChI is InChI=1S/C13H17ClN4O2/c1-20-13-15-7-9(14)11(17-13)18-6-2-3-10(18)12(19)16-8-4-5-8/h7-8,10H,2-6H2,1H3,(H,16,19)/t10-/m1/s1. The Balaban J connectivity index is 1.81. The molecule has 1 saturated heterocycles. The smallest absolute Gasteiger partial charge is 0.318 e. The van der Waals surface area contributed by atoms with Crippen molar-refractivity contribution in [2.75, 3.05) is 18.6 Å². The van der Waals surface area contributed by atoms with E-state index in [1.54, 1.807) is 0 Å². The number of halogens is 1. The van der Waals surface area contributed by atoms with E-state index in [0.717, 1.165) is 32.2 Å². The Morgan fingerprint density at radius 2 is 2.30 bits per heavy atom. The second-order valence-corrected chi connectivity index (χ2v) is 5.57. The van der Waals surface area contributed by atoms with Gasteiger partial charge >= 0.3 is 6.01 Å². The van der Waals surface area contributed by atoms with Crippen molar-refractivity contribution in [3.05, 3.63) is 11.2 Å². The van der Waals surface area contributed by atoms with Gasteiger partial charge < -0.3 is 15.0 Å². The average Bonchev–Trinajstić information content (AvgIpc) is 3.12. The summed E-state index contributed by atoms with van der Waals surface area (Å²) in [6.45, 7) is 0.767. The number of hydrogen-bond donors (Lipinski definition) is 1. The van der Waals surface area contributed by atoms with Gasteiger partial charge in [-0.3, -0.25) is 4.79 Å². The number of ether oxygens (including phenoxy) is 1. The van der Waals surface area contributed by atoms with Crippen molar-refractivity contribution >= 4 is 23.3 Å². The van der Waals surface area contributed by atoms with Gasteiger partial charge in [-0.05, 0) is 25.7 Å². The maximum Gasteiger partial charge on any atom is 0.318 e. The summed E-state index contributed by atoms with van der Waals surface area (Å²) in [4.78, 5) is 22.5. The van der Waals surface area contributed by atoms with Gasteiger partial charge in [0.15, 0.2) is 5.82 Å². The predicted molar refractivity (Wildman–Crippen MR) is 75.1 cm³/mol. The molecule has 1 amide bonds. The number of anilines is 1. The molecule has 20 heavy (non-hydrogen) atoms. The van der Waals surface area contributed by atoms with Crippen LogP contribution < -0.4 is 15.0 Å². The molecule has 1 saturated carbocycles. The van der Waals surface area contributed by atoms with Crippen LogP contribution in [0, 0.1) is 0 Å². The quantitative estimate of drug-likeness (QED) is 0.909. The fourth-order valence-corrected chi connectivity index (χ4v) is 2.66. The van der Waals surface area contributed by atoms with Crippen LogP contribution in [0.5, 0.6) is 6.01 Å². The van der Waals surface area contributed by atoms with Crippen molar-refractivity contribution in [1.29, 1.82) is 0 Å². The number of carbonyl (C=O) groups is 1. The molecular formula is C13H17ClN4O2. The predicted octanol–water partition coefficient (Wildman–Crippen LogP) is 1.39. The summed E-state index contributed by atoms with van der Waals surface area (Å²) in [5.74, 6) is 0.644. The molecule has 1 aromatic rings. The zero-order chi connectivity index (χ0) is 14.1. The highest BCUT2D eigenvalue weighted by Crippen LogP contribution is 2.31. The molecule has 0 spiro atoms. The van der Waals surface area contributed by atoms with Crippen LogP contribution in [0.3, 0.4) is 0 Å². The molecule has 2 heterocycles. The third-order valence-electron chi connectivity index (χ3n) is 3.64. The number of nitrogens with one attached hydrogen (secondary N) is 1. The minimum Gasteiger partial charge on any atom is -0.467 e. The zero-order valence-electron chi connectivity index (χ0n) is 11.3. The van der Waals surface area contributed by atoms with E-state index >= 15 is 0 Å². The summed E-state index contributed by atoms with van der Waals surface area (Å²) >= 11 is 6.17. The molecule has 2 aliphatic rings. The molecule has 1 aliphatic carbocycles. The van der Waals surface area contributed by atoms with Gasteiger partial charge in [-0.15, -0.1) is 0 Å². The first kappa shape index (κ1) is 13.4. The zero-order valence-corrected chi connectivity index (χ0v) is 12.1. The summed E-state index contributed by atoms with van der Waals surface area (Å²) in [7, 11) is 1.51. The molecule has 2 fully saturated rings. The molecule has 0 radical (unpaired) electrons. The number of methoxy groups -OCH3 is 1. The fourth-order valence-electron chi connectivity index (χ4n) is 2.46. The van der Waals surface area contributed by atoms with Crippen LogP contribution in [-0.2, 0) is 4.79 Å². The lowest BCUT2D eigenvalue weighted by Crippen LogP contribution is -2.44. The molecule has 1 aliphatic heterocycles. The van der Waals surface area contributed by atoms with Crippen molar-refractivity contribution in [1.82, 2.24) is 15.3 Å². The van der Waals surface area contributed by atoms with Crippen LogP contribution in [0.25, 0.3) is 0 Å². The van der Waals surface area contributed by atoms with Crippen molar-refractivity contribution in [3.63, 3.8) is 0 Å². The van der Waals surface area contributed by atoms with Crippen molar-refractivity contribution < 1.29 is 9.53 Å². The van der Waals surface area contributed by atoms with Gasteiger partial charge in [0.05, 0.1) is 13.3 Å². The number of carbonyl (C=O) groups excluding carboxylic acids is 1. The molecule has 108 valence electrons. The van der Waals surface area contributed by atoms with Gasteiger partial charge in [0, 0.05) is 12.6 Å². The van der Waals surface area contributed by atoms with Gasteiger partial charge in [0.2, 0.25) is 5.91 Å². The number of amides is 1. The Morgan fingerprint density at radius 3 is 3.00 bits per heavy atom. The van der Waals surface area contributed by atoms with Gasteiger partial charge in [0.25, 0.3) is 0 Å². The second kappa shape index (κ2) is 5.44. The lowest BCUT2D eigenvalue weighted by Gasteiger charge is -2.25. The number of nitrogens with zero attached hydrogens (tertiary/aromatic N) is 3. The minimum absolute atomic E-state index is 0.0682. The van der Waals surface area contributed by atoms with Gasteiger partial charge in [-0.1, -0.05) is 11.6 Å². The highest BCUT2D eigenvalue weighted by Gasteiger charge is 2.35. The summed E-state index contributed by atoms with van der Waals surface area (Å²) < 4.78 is 5.03. The lowest BCUT2D eigenvalue weighted by molar-refractivity contribution is -0.122. The maximum atomic E-state index is 12.3. The van der Waals surface area contributed by atoms with Crippen LogP contribution in [0.15, 0.2) is 6.20 Å². The van der Waals surface area contributed by atoms with Gasteiger partial charge in [-0.2, -0.15) is 4.98 Å². The monoisotopic (exact) mass is 296 g/mol. The third kappa shape index (κ3) is 2.65. The molecule has 1 aromatic heterocycles. The van der Waals surface area contributed by atoms with Crippen LogP contribution in [0.1, 0.15) is 25.7 Å². The number of hydrogen-bond acceptors (Lipinski definition) is 5. The Bertz CT molecular complexity index is 521. The molecule has 1 atom stereocenters. The van der Waals surface area contributed by atoms with E-state index in [2.05, 4.69) is 15.3 Å². The number of aromatic nitrogens is 2. The first-order valence-electron chi connectivity index (χ1n) is 6.82. The molecule has 0 bridgehead atoms. The topological polar surface area (TPSA) is 67.3 Å². The van der Waals surface area contributed by atoms with Crippen LogP contribution in [0.2, 0.25) is 5.02 Å². The van der Waals surface area contributed by atoms with E-state index < -0.39 is 0 Å². The summed E-state index contributed by atoms with van der Waals surface area (Å²) in [5, 5.41) is 3.49.